The number of hydrogen-bond acceptors (Lipinski definition) is 5. The molecule has 0 spiro atoms. The van der Waals surface area contributed by atoms with E-state index in [-0.39, 0.29) is 5.91 Å². The Morgan fingerprint density at radius 3 is 2.48 bits per heavy atom. The number of phenolic OH excluding ortho intramolecular Hbond substituents is 1. The van der Waals surface area contributed by atoms with E-state index in [2.05, 4.69) is 20.3 Å². The summed E-state index contributed by atoms with van der Waals surface area (Å²) in [4.78, 5) is 24.6. The van der Waals surface area contributed by atoms with Crippen molar-refractivity contribution >= 4 is 5.91 Å². The molecule has 1 aromatic carbocycles. The molecule has 2 heterocycles. The molecule has 0 bridgehead atoms. The van der Waals surface area contributed by atoms with Crippen molar-refractivity contribution in [2.45, 2.75) is 13.0 Å². The molecule has 0 aliphatic heterocycles. The maximum Gasteiger partial charge on any atom is 0.254 e. The second-order valence-corrected chi connectivity index (χ2v) is 5.44. The lowest BCUT2D eigenvalue weighted by molar-refractivity contribution is 0.0939. The monoisotopic (exact) mass is 338 g/mol. The van der Waals surface area contributed by atoms with Gasteiger partial charge in [-0.1, -0.05) is 6.07 Å². The van der Waals surface area contributed by atoms with Crippen LogP contribution in [0.2, 0.25) is 0 Å². The molecule has 1 amide bonds. The Morgan fingerprint density at radius 1 is 1.16 bits per heavy atom. The minimum Gasteiger partial charge on any atom is -0.505 e. The van der Waals surface area contributed by atoms with Crippen molar-refractivity contribution in [2.75, 3.05) is 0 Å². The van der Waals surface area contributed by atoms with E-state index in [1.165, 1.54) is 24.5 Å². The predicted molar refractivity (Wildman–Crippen MR) is 89.2 cm³/mol. The molecular formula is C18H15FN4O2. The van der Waals surface area contributed by atoms with Crippen LogP contribution in [0.4, 0.5) is 4.39 Å². The van der Waals surface area contributed by atoms with Gasteiger partial charge in [-0.3, -0.25) is 9.78 Å². The van der Waals surface area contributed by atoms with Crippen LogP contribution in [0.5, 0.6) is 5.75 Å². The van der Waals surface area contributed by atoms with Crippen LogP contribution in [0.15, 0.2) is 55.1 Å². The van der Waals surface area contributed by atoms with Gasteiger partial charge in [0.15, 0.2) is 17.4 Å². The molecule has 0 aliphatic carbocycles. The molecule has 2 N–H and O–H groups in total. The van der Waals surface area contributed by atoms with Crippen molar-refractivity contribution in [1.29, 1.82) is 0 Å². The van der Waals surface area contributed by atoms with Gasteiger partial charge in [0, 0.05) is 30.4 Å². The fraction of sp³-hybridized carbons (Fsp3) is 0.111. The highest BCUT2D eigenvalue weighted by atomic mass is 19.1. The smallest absolute Gasteiger partial charge is 0.254 e. The van der Waals surface area contributed by atoms with E-state index in [1.807, 2.05) is 0 Å². The summed E-state index contributed by atoms with van der Waals surface area (Å²) in [6.07, 6.45) is 6.14. The first-order valence-corrected chi connectivity index (χ1v) is 7.56. The summed E-state index contributed by atoms with van der Waals surface area (Å²) in [6.45, 7) is 1.72. The van der Waals surface area contributed by atoms with Gasteiger partial charge < -0.3 is 10.4 Å². The highest BCUT2D eigenvalue weighted by Gasteiger charge is 2.14. The number of nitrogens with zero attached hydrogens (tertiary/aromatic N) is 3. The molecule has 0 fully saturated rings. The van der Waals surface area contributed by atoms with E-state index in [4.69, 9.17) is 0 Å². The minimum absolute atomic E-state index is 0.295. The van der Waals surface area contributed by atoms with Gasteiger partial charge in [0.25, 0.3) is 5.91 Å². The number of aromatic nitrogens is 3. The Morgan fingerprint density at radius 2 is 1.84 bits per heavy atom. The van der Waals surface area contributed by atoms with E-state index in [9.17, 15) is 14.3 Å². The zero-order chi connectivity index (χ0) is 17.8. The number of hydrogen-bond donors (Lipinski definition) is 2. The second-order valence-electron chi connectivity index (χ2n) is 5.44. The summed E-state index contributed by atoms with van der Waals surface area (Å²) in [6, 6.07) is 7.09. The van der Waals surface area contributed by atoms with E-state index < -0.39 is 17.6 Å². The maximum atomic E-state index is 13.4. The molecular weight excluding hydrogens is 323 g/mol. The third-order valence-electron chi connectivity index (χ3n) is 3.67. The number of benzene rings is 1. The number of aromatic hydroxyl groups is 1. The second kappa shape index (κ2) is 7.04. The number of phenols is 1. The zero-order valence-electron chi connectivity index (χ0n) is 13.3. The molecule has 0 aliphatic rings. The van der Waals surface area contributed by atoms with Crippen LogP contribution in [0, 0.1) is 5.82 Å². The van der Waals surface area contributed by atoms with E-state index in [0.717, 1.165) is 5.56 Å². The van der Waals surface area contributed by atoms with E-state index >= 15 is 0 Å². The van der Waals surface area contributed by atoms with Crippen molar-refractivity contribution in [2.24, 2.45) is 0 Å². The van der Waals surface area contributed by atoms with Gasteiger partial charge in [-0.05, 0) is 36.8 Å². The SMILES string of the molecule is C[C@H](NC(=O)c1cnc(-c2ccncc2)nc1)c1ccc(O)c(F)c1. The molecule has 6 nitrogen and oxygen atoms in total. The van der Waals surface area contributed by atoms with Crippen molar-refractivity contribution < 1.29 is 14.3 Å². The van der Waals surface area contributed by atoms with Crippen LogP contribution in [0.25, 0.3) is 11.4 Å². The number of halogens is 1. The Hall–Kier alpha value is -3.35. The van der Waals surface area contributed by atoms with Crippen LogP contribution >= 0.6 is 0 Å². The largest absolute Gasteiger partial charge is 0.505 e. The first-order chi connectivity index (χ1) is 12.0. The molecule has 0 saturated carbocycles. The first-order valence-electron chi connectivity index (χ1n) is 7.56. The van der Waals surface area contributed by atoms with Gasteiger partial charge in [-0.15, -0.1) is 0 Å². The average Bonchev–Trinajstić information content (AvgIpc) is 2.64. The lowest BCUT2D eigenvalue weighted by atomic mass is 10.1. The van der Waals surface area contributed by atoms with Gasteiger partial charge in [0.2, 0.25) is 0 Å². The van der Waals surface area contributed by atoms with Gasteiger partial charge in [-0.25, -0.2) is 14.4 Å². The topological polar surface area (TPSA) is 88.0 Å². The Labute approximate surface area is 143 Å². The van der Waals surface area contributed by atoms with Crippen LogP contribution in [0.1, 0.15) is 28.9 Å². The lowest BCUT2D eigenvalue weighted by Gasteiger charge is -2.14. The molecule has 1 atom stereocenters. The first kappa shape index (κ1) is 16.5. The summed E-state index contributed by atoms with van der Waals surface area (Å²) < 4.78 is 13.4. The summed E-state index contributed by atoms with van der Waals surface area (Å²) in [5, 5.41) is 12.0. The number of rotatable bonds is 4. The summed E-state index contributed by atoms with van der Waals surface area (Å²) in [5.74, 6) is -1.04. The van der Waals surface area contributed by atoms with E-state index in [1.54, 1.807) is 37.5 Å². The third kappa shape index (κ3) is 3.77. The third-order valence-corrected chi connectivity index (χ3v) is 3.67. The fourth-order valence-electron chi connectivity index (χ4n) is 2.25. The molecule has 0 saturated heterocycles. The zero-order valence-corrected chi connectivity index (χ0v) is 13.3. The Bertz CT molecular complexity index is 885. The van der Waals surface area contributed by atoms with Crippen LogP contribution in [-0.4, -0.2) is 26.0 Å². The van der Waals surface area contributed by atoms with Gasteiger partial charge in [0.05, 0.1) is 11.6 Å². The van der Waals surface area contributed by atoms with Gasteiger partial charge in [-0.2, -0.15) is 0 Å². The molecule has 0 unspecified atom stereocenters. The quantitative estimate of drug-likeness (QED) is 0.764. The molecule has 7 heteroatoms. The van der Waals surface area contributed by atoms with Crippen molar-refractivity contribution in [1.82, 2.24) is 20.3 Å². The molecule has 2 aromatic heterocycles. The Kier molecular flexibility index (Phi) is 4.65. The number of carbonyl (C=O) groups excluding carboxylic acids is 1. The van der Waals surface area contributed by atoms with Crippen molar-refractivity contribution in [3.63, 3.8) is 0 Å². The molecule has 3 aromatic rings. The molecule has 3 rings (SSSR count). The van der Waals surface area contributed by atoms with Crippen molar-refractivity contribution in [3.8, 4) is 17.1 Å². The van der Waals surface area contributed by atoms with Gasteiger partial charge in [0.1, 0.15) is 0 Å². The molecule has 126 valence electrons. The maximum absolute atomic E-state index is 13.4. The van der Waals surface area contributed by atoms with Gasteiger partial charge >= 0.3 is 0 Å². The van der Waals surface area contributed by atoms with Crippen LogP contribution in [0.3, 0.4) is 0 Å². The number of nitrogens with one attached hydrogen (secondary N) is 1. The summed E-state index contributed by atoms with van der Waals surface area (Å²) in [5.41, 5.74) is 1.64. The molecule has 0 radical (unpaired) electrons. The summed E-state index contributed by atoms with van der Waals surface area (Å²) >= 11 is 0. The number of amides is 1. The van der Waals surface area contributed by atoms with Crippen LogP contribution in [-0.2, 0) is 0 Å². The standard InChI is InChI=1S/C18H15FN4O2/c1-11(13-2-3-16(24)15(19)8-13)23-18(25)14-9-21-17(22-10-14)12-4-6-20-7-5-12/h2-11,24H,1H3,(H,23,25)/t11-/m0/s1. The predicted octanol–water partition coefficient (Wildman–Crippen LogP) is 2.87. The Balaban J connectivity index is 1.71. The minimum atomic E-state index is -0.733. The van der Waals surface area contributed by atoms with Crippen molar-refractivity contribution in [3.05, 3.63) is 72.1 Å². The number of pyridine rings is 1. The van der Waals surface area contributed by atoms with E-state index in [0.29, 0.717) is 17.0 Å². The molecule has 25 heavy (non-hydrogen) atoms. The number of carbonyl (C=O) groups is 1. The fourth-order valence-corrected chi connectivity index (χ4v) is 2.25. The highest BCUT2D eigenvalue weighted by Crippen LogP contribution is 2.21. The summed E-state index contributed by atoms with van der Waals surface area (Å²) in [7, 11) is 0. The average molecular weight is 338 g/mol. The van der Waals surface area contributed by atoms with Crippen LogP contribution < -0.4 is 5.32 Å². The highest BCUT2D eigenvalue weighted by molar-refractivity contribution is 5.94. The lowest BCUT2D eigenvalue weighted by Crippen LogP contribution is -2.27. The normalized spacial score (nSPS) is 11.8.